The summed E-state index contributed by atoms with van der Waals surface area (Å²) in [7, 11) is 1.55. The van der Waals surface area contributed by atoms with Gasteiger partial charge in [0.25, 0.3) is 0 Å². The van der Waals surface area contributed by atoms with E-state index in [2.05, 4.69) is 0 Å². The van der Waals surface area contributed by atoms with Crippen LogP contribution in [-0.4, -0.2) is 18.2 Å². The summed E-state index contributed by atoms with van der Waals surface area (Å²) in [4.78, 5) is 11.0. The highest BCUT2D eigenvalue weighted by Gasteiger charge is 2.13. The first-order valence-electron chi connectivity index (χ1n) is 4.78. The second kappa shape index (κ2) is 4.79. The van der Waals surface area contributed by atoms with Crippen LogP contribution in [0.1, 0.15) is 10.4 Å². The van der Waals surface area contributed by atoms with Gasteiger partial charge in [-0.25, -0.2) is 4.79 Å². The van der Waals surface area contributed by atoms with Crippen LogP contribution in [0.2, 0.25) is 0 Å². The molecule has 1 N–H and O–H groups in total. The van der Waals surface area contributed by atoms with E-state index in [0.717, 1.165) is 10.8 Å². The van der Waals surface area contributed by atoms with Crippen molar-refractivity contribution in [2.45, 2.75) is 0 Å². The fourth-order valence-corrected chi connectivity index (χ4v) is 2.74. The number of carboxylic acid groups (broad SMARTS) is 1. The third-order valence-corrected chi connectivity index (χ3v) is 3.83. The molecule has 0 atom stereocenters. The van der Waals surface area contributed by atoms with Crippen molar-refractivity contribution in [1.29, 1.82) is 0 Å². The number of hydrogen-bond donors (Lipinski definition) is 1. The minimum Gasteiger partial charge on any atom is -0.496 e. The number of rotatable bonds is 3. The zero-order valence-corrected chi connectivity index (χ0v) is 11.1. The minimum atomic E-state index is -1.53. The summed E-state index contributed by atoms with van der Waals surface area (Å²) in [6.07, 6.45) is 0. The molecule has 0 aliphatic heterocycles. The Morgan fingerprint density at radius 1 is 1.35 bits per heavy atom. The summed E-state index contributed by atoms with van der Waals surface area (Å²) >= 11 is -1.53. The van der Waals surface area contributed by atoms with E-state index in [1.54, 1.807) is 31.4 Å². The van der Waals surface area contributed by atoms with Crippen LogP contribution in [0, 0.1) is 3.57 Å². The number of hydrogen-bond acceptors (Lipinski definition) is 3. The molecular formula is C12H9IO4. The number of carbonyl (C=O) groups is 1. The second-order valence-corrected chi connectivity index (χ2v) is 5.00. The number of carboxylic acids is 1. The number of methoxy groups -OCH3 is 1. The van der Waals surface area contributed by atoms with Crippen LogP contribution in [0.15, 0.2) is 30.3 Å². The lowest BCUT2D eigenvalue weighted by Gasteiger charge is -2.07. The van der Waals surface area contributed by atoms with Gasteiger partial charge in [-0.3, -0.25) is 3.07 Å². The van der Waals surface area contributed by atoms with E-state index in [9.17, 15) is 7.86 Å². The number of ether oxygens (including phenoxy) is 1. The molecule has 0 unspecified atom stereocenters. The molecule has 88 valence electrons. The first-order chi connectivity index (χ1) is 8.17. The van der Waals surface area contributed by atoms with Crippen LogP contribution in [0.5, 0.6) is 5.75 Å². The zero-order valence-electron chi connectivity index (χ0n) is 8.94. The lowest BCUT2D eigenvalue weighted by molar-refractivity contribution is 0.0696. The van der Waals surface area contributed by atoms with Crippen molar-refractivity contribution in [3.05, 3.63) is 39.5 Å². The number of aromatic carboxylic acids is 1. The summed E-state index contributed by atoms with van der Waals surface area (Å²) in [5.74, 6) is -0.404. The zero-order chi connectivity index (χ0) is 12.4. The Morgan fingerprint density at radius 3 is 2.71 bits per heavy atom. The van der Waals surface area contributed by atoms with Gasteiger partial charge in [-0.05, 0) is 23.6 Å². The summed E-state index contributed by atoms with van der Waals surface area (Å²) in [6, 6.07) is 8.55. The van der Waals surface area contributed by atoms with Gasteiger partial charge in [0, 0.05) is 5.39 Å². The van der Waals surface area contributed by atoms with Gasteiger partial charge < -0.3 is 9.84 Å². The predicted molar refractivity (Wildman–Crippen MR) is 70.9 cm³/mol. The topological polar surface area (TPSA) is 63.6 Å². The molecule has 0 spiro atoms. The fraction of sp³-hybridized carbons (Fsp3) is 0.0833. The molecule has 0 bridgehead atoms. The van der Waals surface area contributed by atoms with Crippen LogP contribution in [0.4, 0.5) is 0 Å². The highest BCUT2D eigenvalue weighted by Crippen LogP contribution is 2.30. The van der Waals surface area contributed by atoms with Crippen molar-refractivity contribution in [2.24, 2.45) is 0 Å². The van der Waals surface area contributed by atoms with E-state index < -0.39 is 27.2 Å². The van der Waals surface area contributed by atoms with Crippen LogP contribution < -0.4 is 4.74 Å². The lowest BCUT2D eigenvalue weighted by Crippen LogP contribution is -2.00. The molecule has 0 heterocycles. The quantitative estimate of drug-likeness (QED) is 0.870. The molecular weight excluding hydrogens is 335 g/mol. The Morgan fingerprint density at radius 2 is 2.12 bits per heavy atom. The van der Waals surface area contributed by atoms with Crippen molar-refractivity contribution >= 4 is 37.9 Å². The number of halogens is 1. The van der Waals surface area contributed by atoms with E-state index in [1.807, 2.05) is 0 Å². The molecule has 0 fully saturated rings. The van der Waals surface area contributed by atoms with Gasteiger partial charge in [-0.2, -0.15) is 0 Å². The van der Waals surface area contributed by atoms with Crippen molar-refractivity contribution in [3.8, 4) is 5.75 Å². The lowest BCUT2D eigenvalue weighted by atomic mass is 10.1. The molecule has 2 rings (SSSR count). The van der Waals surface area contributed by atoms with Crippen molar-refractivity contribution in [2.75, 3.05) is 7.11 Å². The normalized spacial score (nSPS) is 10.4. The van der Waals surface area contributed by atoms with E-state index in [1.165, 1.54) is 6.07 Å². The van der Waals surface area contributed by atoms with Gasteiger partial charge in [-0.1, -0.05) is 12.1 Å². The Labute approximate surface area is 108 Å². The van der Waals surface area contributed by atoms with Gasteiger partial charge in [0.05, 0.1) is 16.2 Å². The Kier molecular flexibility index (Phi) is 3.37. The first kappa shape index (κ1) is 12.0. The third kappa shape index (κ3) is 2.14. The standard InChI is InChI=1S/C12H9IO4/c1-17-11-4-2-3-7-5-9(12(14)15)10(13-16)6-8(7)11/h2-6H,1H3,(H,14,15). The molecule has 2 aromatic carbocycles. The molecule has 0 aliphatic carbocycles. The van der Waals surface area contributed by atoms with Gasteiger partial charge in [0.1, 0.15) is 5.75 Å². The maximum Gasteiger partial charge on any atom is 0.336 e. The van der Waals surface area contributed by atoms with Gasteiger partial charge in [-0.15, -0.1) is 0 Å². The molecule has 0 amide bonds. The molecule has 2 aromatic rings. The first-order valence-corrected chi connectivity index (χ1v) is 6.74. The molecule has 0 aliphatic rings. The molecule has 0 aromatic heterocycles. The minimum absolute atomic E-state index is 0.105. The summed E-state index contributed by atoms with van der Waals surface area (Å²) in [6.45, 7) is 0. The molecule has 0 radical (unpaired) electrons. The maximum absolute atomic E-state index is 11.1. The average molecular weight is 344 g/mol. The van der Waals surface area contributed by atoms with Gasteiger partial charge >= 0.3 is 5.97 Å². The van der Waals surface area contributed by atoms with E-state index >= 15 is 0 Å². The van der Waals surface area contributed by atoms with E-state index in [0.29, 0.717) is 9.32 Å². The van der Waals surface area contributed by atoms with E-state index in [-0.39, 0.29) is 5.56 Å². The Bertz CT molecular complexity index is 607. The molecule has 17 heavy (non-hydrogen) atoms. The molecule has 0 saturated heterocycles. The third-order valence-electron chi connectivity index (χ3n) is 2.46. The monoisotopic (exact) mass is 344 g/mol. The largest absolute Gasteiger partial charge is 0.496 e. The SMILES string of the molecule is COc1cccc2cc(C(=O)O)c(I=O)cc12. The number of fused-ring (bicyclic) bond motifs is 1. The number of benzene rings is 2. The molecule has 0 saturated carbocycles. The second-order valence-electron chi connectivity index (χ2n) is 3.40. The Balaban J connectivity index is 2.82. The predicted octanol–water partition coefficient (Wildman–Crippen LogP) is 3.03. The van der Waals surface area contributed by atoms with Crippen LogP contribution >= 0.6 is 21.2 Å². The van der Waals surface area contributed by atoms with Gasteiger partial charge in [0.15, 0.2) is 21.2 Å². The summed E-state index contributed by atoms with van der Waals surface area (Å²) in [5, 5.41) is 10.6. The van der Waals surface area contributed by atoms with Crippen molar-refractivity contribution in [3.63, 3.8) is 0 Å². The average Bonchev–Trinajstić information content (AvgIpc) is 2.36. The van der Waals surface area contributed by atoms with Gasteiger partial charge in [0.2, 0.25) is 0 Å². The fourth-order valence-electron chi connectivity index (χ4n) is 1.68. The van der Waals surface area contributed by atoms with E-state index in [4.69, 9.17) is 9.84 Å². The summed E-state index contributed by atoms with van der Waals surface area (Å²) in [5.41, 5.74) is 0.105. The van der Waals surface area contributed by atoms with Crippen LogP contribution in [-0.2, 0) is 3.07 Å². The maximum atomic E-state index is 11.1. The smallest absolute Gasteiger partial charge is 0.336 e. The highest BCUT2D eigenvalue weighted by atomic mass is 127. The Hall–Kier alpha value is -1.50. The highest BCUT2D eigenvalue weighted by molar-refractivity contribution is 14.1. The molecule has 5 heteroatoms. The van der Waals surface area contributed by atoms with Crippen LogP contribution in [0.25, 0.3) is 10.8 Å². The van der Waals surface area contributed by atoms with Crippen LogP contribution in [0.3, 0.4) is 0 Å². The summed E-state index contributed by atoms with van der Waals surface area (Å²) < 4.78 is 16.7. The van der Waals surface area contributed by atoms with Crippen molar-refractivity contribution < 1.29 is 17.7 Å². The molecule has 4 nitrogen and oxygen atoms in total. The van der Waals surface area contributed by atoms with Crippen molar-refractivity contribution in [1.82, 2.24) is 0 Å².